The van der Waals surface area contributed by atoms with E-state index in [9.17, 15) is 9.90 Å². The molecule has 0 aromatic carbocycles. The summed E-state index contributed by atoms with van der Waals surface area (Å²) < 4.78 is 0. The van der Waals surface area contributed by atoms with Gasteiger partial charge in [-0.3, -0.25) is 0 Å². The standard InChI is InChI=1S/C7H15NO2.Li/c1-8(2)6-4-3-5-7(9)10;/h3-6H2,1-2H3,(H,9,10);/q;+1/p-1. The minimum atomic E-state index is -0.946. The zero-order valence-corrected chi connectivity index (χ0v) is 7.59. The quantitative estimate of drug-likeness (QED) is 0.302. The summed E-state index contributed by atoms with van der Waals surface area (Å²) in [6, 6.07) is 0. The summed E-state index contributed by atoms with van der Waals surface area (Å²) in [7, 11) is 3.94. The molecule has 0 bridgehead atoms. The summed E-state index contributed by atoms with van der Waals surface area (Å²) in [4.78, 5) is 12.0. The van der Waals surface area contributed by atoms with E-state index < -0.39 is 5.97 Å². The van der Waals surface area contributed by atoms with Crippen LogP contribution in [0.15, 0.2) is 0 Å². The van der Waals surface area contributed by atoms with Crippen LogP contribution in [0.4, 0.5) is 0 Å². The van der Waals surface area contributed by atoms with Crippen molar-refractivity contribution in [3.63, 3.8) is 0 Å². The molecule has 0 aliphatic heterocycles. The van der Waals surface area contributed by atoms with Crippen molar-refractivity contribution in [2.24, 2.45) is 0 Å². The molecule has 0 aliphatic carbocycles. The molecule has 11 heavy (non-hydrogen) atoms. The molecule has 0 N–H and O–H groups in total. The molecule has 0 saturated heterocycles. The SMILES string of the molecule is CN(C)CCCCC(=O)[O-].[Li+]. The maximum absolute atomic E-state index is 9.92. The van der Waals surface area contributed by atoms with E-state index in [-0.39, 0.29) is 25.3 Å². The second-order valence-electron chi connectivity index (χ2n) is 2.63. The molecule has 0 amide bonds. The van der Waals surface area contributed by atoms with Gasteiger partial charge in [0.25, 0.3) is 0 Å². The zero-order chi connectivity index (χ0) is 7.98. The number of nitrogens with zero attached hydrogens (tertiary/aromatic N) is 1. The Morgan fingerprint density at radius 1 is 1.36 bits per heavy atom. The van der Waals surface area contributed by atoms with E-state index in [1.807, 2.05) is 19.0 Å². The van der Waals surface area contributed by atoms with Gasteiger partial charge in [-0.1, -0.05) is 0 Å². The van der Waals surface area contributed by atoms with Gasteiger partial charge in [0.05, 0.1) is 0 Å². The van der Waals surface area contributed by atoms with Crippen LogP contribution in [0, 0.1) is 0 Å². The van der Waals surface area contributed by atoms with Crippen molar-refractivity contribution in [3.8, 4) is 0 Å². The largest absolute Gasteiger partial charge is 1.00 e. The van der Waals surface area contributed by atoms with Gasteiger partial charge in [-0.15, -0.1) is 0 Å². The maximum Gasteiger partial charge on any atom is 1.00 e. The Balaban J connectivity index is 0. The summed E-state index contributed by atoms with van der Waals surface area (Å²) in [5, 5.41) is 9.92. The van der Waals surface area contributed by atoms with Gasteiger partial charge in [-0.05, 0) is 39.9 Å². The van der Waals surface area contributed by atoms with Gasteiger partial charge in [0.1, 0.15) is 0 Å². The van der Waals surface area contributed by atoms with Crippen molar-refractivity contribution in [1.29, 1.82) is 0 Å². The molecular weight excluding hydrogens is 137 g/mol. The van der Waals surface area contributed by atoms with E-state index in [1.165, 1.54) is 0 Å². The Morgan fingerprint density at radius 2 is 1.91 bits per heavy atom. The summed E-state index contributed by atoms with van der Waals surface area (Å²) >= 11 is 0. The number of rotatable bonds is 5. The van der Waals surface area contributed by atoms with Gasteiger partial charge in [0.15, 0.2) is 0 Å². The fourth-order valence-electron chi connectivity index (χ4n) is 0.697. The molecule has 0 atom stereocenters. The van der Waals surface area contributed by atoms with Crippen LogP contribution in [0.1, 0.15) is 19.3 Å². The fraction of sp³-hybridized carbons (Fsp3) is 0.857. The first-order valence-corrected chi connectivity index (χ1v) is 3.47. The first kappa shape index (κ1) is 13.6. The van der Waals surface area contributed by atoms with Gasteiger partial charge in [0.2, 0.25) is 0 Å². The van der Waals surface area contributed by atoms with Gasteiger partial charge >= 0.3 is 18.9 Å². The van der Waals surface area contributed by atoms with E-state index in [0.29, 0.717) is 0 Å². The average molecular weight is 151 g/mol. The molecule has 0 rings (SSSR count). The monoisotopic (exact) mass is 151 g/mol. The predicted octanol–water partition coefficient (Wildman–Crippen LogP) is -3.53. The first-order valence-electron chi connectivity index (χ1n) is 3.47. The van der Waals surface area contributed by atoms with Crippen LogP contribution in [-0.2, 0) is 4.79 Å². The third-order valence-corrected chi connectivity index (χ3v) is 1.24. The molecular formula is C7H14LiNO2. The predicted molar refractivity (Wildman–Crippen MR) is 37.4 cm³/mol. The molecule has 3 nitrogen and oxygen atoms in total. The fourth-order valence-corrected chi connectivity index (χ4v) is 0.697. The number of unbranched alkanes of at least 4 members (excludes halogenated alkanes) is 1. The van der Waals surface area contributed by atoms with E-state index >= 15 is 0 Å². The Bertz CT molecular complexity index is 107. The van der Waals surface area contributed by atoms with Crippen molar-refractivity contribution in [2.75, 3.05) is 20.6 Å². The van der Waals surface area contributed by atoms with E-state index in [1.54, 1.807) is 0 Å². The second kappa shape index (κ2) is 8.13. The molecule has 0 aromatic heterocycles. The third-order valence-electron chi connectivity index (χ3n) is 1.24. The molecule has 60 valence electrons. The van der Waals surface area contributed by atoms with Crippen LogP contribution >= 0.6 is 0 Å². The Kier molecular flexibility index (Phi) is 10.1. The van der Waals surface area contributed by atoms with Crippen molar-refractivity contribution in [3.05, 3.63) is 0 Å². The number of carbonyl (C=O) groups excluding carboxylic acids is 1. The Hall–Kier alpha value is 0.0274. The normalized spacial score (nSPS) is 9.36. The molecule has 0 fully saturated rings. The molecule has 0 heterocycles. The van der Waals surface area contributed by atoms with Crippen molar-refractivity contribution in [2.45, 2.75) is 19.3 Å². The summed E-state index contributed by atoms with van der Waals surface area (Å²) in [5.41, 5.74) is 0. The van der Waals surface area contributed by atoms with Crippen LogP contribution in [-0.4, -0.2) is 31.5 Å². The van der Waals surface area contributed by atoms with Gasteiger partial charge in [0, 0.05) is 5.97 Å². The molecule has 0 saturated carbocycles. The molecule has 4 heteroatoms. The van der Waals surface area contributed by atoms with Crippen LogP contribution in [0.5, 0.6) is 0 Å². The summed E-state index contributed by atoms with van der Waals surface area (Å²) in [6.07, 6.45) is 1.84. The van der Waals surface area contributed by atoms with Crippen LogP contribution < -0.4 is 24.0 Å². The zero-order valence-electron chi connectivity index (χ0n) is 7.59. The van der Waals surface area contributed by atoms with Crippen LogP contribution in [0.25, 0.3) is 0 Å². The van der Waals surface area contributed by atoms with Crippen molar-refractivity contribution < 1.29 is 28.8 Å². The summed E-state index contributed by atoms with van der Waals surface area (Å²) in [5.74, 6) is -0.946. The van der Waals surface area contributed by atoms with Gasteiger partial charge in [-0.2, -0.15) is 0 Å². The number of hydrogen-bond acceptors (Lipinski definition) is 3. The number of hydrogen-bond donors (Lipinski definition) is 0. The van der Waals surface area contributed by atoms with Crippen LogP contribution in [0.2, 0.25) is 0 Å². The maximum atomic E-state index is 9.92. The minimum absolute atomic E-state index is 0. The third kappa shape index (κ3) is 13.1. The number of carboxylic acids is 1. The Morgan fingerprint density at radius 3 is 2.27 bits per heavy atom. The van der Waals surface area contributed by atoms with Crippen LogP contribution in [0.3, 0.4) is 0 Å². The second-order valence-corrected chi connectivity index (χ2v) is 2.63. The molecule has 0 unspecified atom stereocenters. The van der Waals surface area contributed by atoms with E-state index in [0.717, 1.165) is 19.4 Å². The molecule has 0 spiro atoms. The van der Waals surface area contributed by atoms with Crippen molar-refractivity contribution in [1.82, 2.24) is 4.90 Å². The molecule has 0 aliphatic rings. The molecule has 0 aromatic rings. The van der Waals surface area contributed by atoms with Crippen molar-refractivity contribution >= 4 is 5.97 Å². The number of aliphatic carboxylic acids is 1. The first-order chi connectivity index (χ1) is 4.63. The van der Waals surface area contributed by atoms with Gasteiger partial charge < -0.3 is 14.8 Å². The Labute approximate surface area is 79.9 Å². The average Bonchev–Trinajstić information content (AvgIpc) is 1.79. The number of carboxylic acid groups (broad SMARTS) is 1. The van der Waals surface area contributed by atoms with E-state index in [4.69, 9.17) is 0 Å². The summed E-state index contributed by atoms with van der Waals surface area (Å²) in [6.45, 7) is 0.952. The number of carbonyl (C=O) groups is 1. The smallest absolute Gasteiger partial charge is 0.550 e. The topological polar surface area (TPSA) is 43.4 Å². The molecule has 0 radical (unpaired) electrons. The van der Waals surface area contributed by atoms with E-state index in [2.05, 4.69) is 0 Å². The minimum Gasteiger partial charge on any atom is -0.550 e. The van der Waals surface area contributed by atoms with Gasteiger partial charge in [-0.25, -0.2) is 0 Å².